The van der Waals surface area contributed by atoms with Gasteiger partial charge in [-0.3, -0.25) is 10.1 Å². The van der Waals surface area contributed by atoms with Crippen molar-refractivity contribution >= 4 is 28.5 Å². The van der Waals surface area contributed by atoms with Gasteiger partial charge < -0.3 is 14.6 Å². The molecule has 0 radical (unpaired) electrons. The molecule has 1 amide bonds. The molecule has 4 aromatic carbocycles. The van der Waals surface area contributed by atoms with Gasteiger partial charge in [0, 0.05) is 23.1 Å². The van der Waals surface area contributed by atoms with Crippen LogP contribution < -0.4 is 10.1 Å². The van der Waals surface area contributed by atoms with Gasteiger partial charge in [-0.2, -0.15) is 0 Å². The summed E-state index contributed by atoms with van der Waals surface area (Å²) in [7, 11) is 0. The molecular formula is C29H25NO5. The first-order valence-corrected chi connectivity index (χ1v) is 11.6. The number of carboxylic acids is 1. The van der Waals surface area contributed by atoms with E-state index < -0.39 is 12.1 Å². The Morgan fingerprint density at radius 1 is 0.800 bits per heavy atom. The fraction of sp³-hybridized carbons (Fsp3) is 0.172. The van der Waals surface area contributed by atoms with Crippen molar-refractivity contribution < 1.29 is 24.2 Å². The minimum absolute atomic E-state index is 0.00790. The Morgan fingerprint density at radius 3 is 2.11 bits per heavy atom. The highest BCUT2D eigenvalue weighted by Crippen LogP contribution is 2.44. The van der Waals surface area contributed by atoms with E-state index in [-0.39, 0.29) is 18.9 Å². The highest BCUT2D eigenvalue weighted by Gasteiger charge is 2.29. The number of carboxylic acid groups (broad SMARTS) is 1. The molecule has 176 valence electrons. The molecule has 0 saturated carbocycles. The summed E-state index contributed by atoms with van der Waals surface area (Å²) in [5.74, 6) is -0.211. The van der Waals surface area contributed by atoms with Gasteiger partial charge in [0.25, 0.3) is 0 Å². The van der Waals surface area contributed by atoms with E-state index in [1.54, 1.807) is 12.1 Å². The molecule has 0 aliphatic heterocycles. The number of aliphatic carboxylic acids is 1. The summed E-state index contributed by atoms with van der Waals surface area (Å²) in [5.41, 5.74) is 5.31. The van der Waals surface area contributed by atoms with Crippen molar-refractivity contribution in [3.05, 3.63) is 96.1 Å². The Hall–Kier alpha value is -4.32. The third-order valence-electron chi connectivity index (χ3n) is 6.26. The molecule has 6 heteroatoms. The number of nitrogens with one attached hydrogen (secondary N) is 1. The quantitative estimate of drug-likeness (QED) is 0.291. The third kappa shape index (κ3) is 4.68. The lowest BCUT2D eigenvalue weighted by Crippen LogP contribution is -2.18. The van der Waals surface area contributed by atoms with Crippen LogP contribution in [0.5, 0.6) is 5.75 Å². The molecule has 0 bridgehead atoms. The summed E-state index contributed by atoms with van der Waals surface area (Å²) >= 11 is 0. The fourth-order valence-corrected chi connectivity index (χ4v) is 4.66. The minimum Gasteiger partial charge on any atom is -0.493 e. The Labute approximate surface area is 203 Å². The molecule has 0 unspecified atom stereocenters. The van der Waals surface area contributed by atoms with E-state index in [1.807, 2.05) is 48.5 Å². The van der Waals surface area contributed by atoms with E-state index in [1.165, 1.54) is 11.1 Å². The summed E-state index contributed by atoms with van der Waals surface area (Å²) in [6.07, 6.45) is -0.0462. The number of benzene rings is 4. The third-order valence-corrected chi connectivity index (χ3v) is 6.26. The van der Waals surface area contributed by atoms with Crippen molar-refractivity contribution in [2.75, 3.05) is 18.5 Å². The number of hydrogen-bond donors (Lipinski definition) is 2. The molecule has 0 fully saturated rings. The van der Waals surface area contributed by atoms with Crippen molar-refractivity contribution in [3.8, 4) is 16.9 Å². The van der Waals surface area contributed by atoms with Gasteiger partial charge in [0.2, 0.25) is 0 Å². The zero-order valence-electron chi connectivity index (χ0n) is 19.1. The average Bonchev–Trinajstić information content (AvgIpc) is 3.20. The zero-order chi connectivity index (χ0) is 24.2. The van der Waals surface area contributed by atoms with Crippen LogP contribution in [-0.4, -0.2) is 30.4 Å². The molecule has 6 nitrogen and oxygen atoms in total. The smallest absolute Gasteiger partial charge is 0.411 e. The summed E-state index contributed by atoms with van der Waals surface area (Å²) in [6, 6.07) is 27.6. The van der Waals surface area contributed by atoms with Crippen molar-refractivity contribution in [2.45, 2.75) is 18.8 Å². The molecule has 5 rings (SSSR count). The molecule has 1 aliphatic rings. The number of anilines is 1. The molecule has 4 aromatic rings. The van der Waals surface area contributed by atoms with E-state index in [9.17, 15) is 9.59 Å². The molecule has 1 aliphatic carbocycles. The van der Waals surface area contributed by atoms with E-state index in [0.29, 0.717) is 24.5 Å². The van der Waals surface area contributed by atoms with Crippen LogP contribution in [0, 0.1) is 0 Å². The maximum Gasteiger partial charge on any atom is 0.411 e. The van der Waals surface area contributed by atoms with Gasteiger partial charge in [-0.1, -0.05) is 72.8 Å². The van der Waals surface area contributed by atoms with Crippen LogP contribution in [0.15, 0.2) is 84.9 Å². The second-order valence-corrected chi connectivity index (χ2v) is 8.45. The molecule has 0 atom stereocenters. The molecule has 0 aromatic heterocycles. The number of amides is 1. The highest BCUT2D eigenvalue weighted by atomic mass is 16.5. The number of ether oxygens (including phenoxy) is 2. The van der Waals surface area contributed by atoms with Crippen molar-refractivity contribution in [1.29, 1.82) is 0 Å². The normalized spacial score (nSPS) is 12.1. The van der Waals surface area contributed by atoms with Crippen LogP contribution in [-0.2, 0) is 9.53 Å². The summed E-state index contributed by atoms with van der Waals surface area (Å²) < 4.78 is 11.5. The number of carbonyl (C=O) groups excluding carboxylic acids is 1. The van der Waals surface area contributed by atoms with Crippen LogP contribution in [0.3, 0.4) is 0 Å². The van der Waals surface area contributed by atoms with E-state index in [0.717, 1.165) is 21.9 Å². The SMILES string of the molecule is O=C(O)CCCOc1ccc(NC(=O)OCC2c3ccccc3-c3ccccc32)c2ccccc12. The minimum atomic E-state index is -0.846. The lowest BCUT2D eigenvalue weighted by Gasteiger charge is -2.16. The highest BCUT2D eigenvalue weighted by molar-refractivity contribution is 6.02. The van der Waals surface area contributed by atoms with Crippen LogP contribution in [0.1, 0.15) is 29.9 Å². The first-order chi connectivity index (χ1) is 17.1. The monoisotopic (exact) mass is 467 g/mol. The number of carbonyl (C=O) groups is 2. The Bertz CT molecular complexity index is 1350. The maximum atomic E-state index is 12.8. The van der Waals surface area contributed by atoms with Gasteiger partial charge in [-0.15, -0.1) is 0 Å². The van der Waals surface area contributed by atoms with Gasteiger partial charge >= 0.3 is 12.1 Å². The second-order valence-electron chi connectivity index (χ2n) is 8.45. The standard InChI is InChI=1S/C29H25NO5/c31-28(32)14-7-17-34-27-16-15-26(23-12-5-6-13-24(23)27)30-29(33)35-18-25-21-10-3-1-8-19(21)20-9-2-4-11-22(20)25/h1-6,8-13,15-16,25H,7,14,17-18H2,(H,30,33)(H,31,32). The van der Waals surface area contributed by atoms with Crippen LogP contribution in [0.2, 0.25) is 0 Å². The zero-order valence-corrected chi connectivity index (χ0v) is 19.1. The number of rotatable bonds is 8. The van der Waals surface area contributed by atoms with Crippen molar-refractivity contribution in [2.24, 2.45) is 0 Å². The van der Waals surface area contributed by atoms with E-state index in [2.05, 4.69) is 29.6 Å². The topological polar surface area (TPSA) is 84.9 Å². The van der Waals surface area contributed by atoms with Gasteiger partial charge in [0.15, 0.2) is 0 Å². The summed E-state index contributed by atoms with van der Waals surface area (Å²) in [5, 5.41) is 13.3. The summed E-state index contributed by atoms with van der Waals surface area (Å²) in [4.78, 5) is 23.5. The van der Waals surface area contributed by atoms with Gasteiger partial charge in [-0.05, 0) is 40.8 Å². The Morgan fingerprint density at radius 2 is 1.43 bits per heavy atom. The predicted molar refractivity (Wildman–Crippen MR) is 135 cm³/mol. The second kappa shape index (κ2) is 9.89. The Kier molecular flexibility index (Phi) is 6.35. The molecule has 0 spiro atoms. The van der Waals surface area contributed by atoms with Crippen molar-refractivity contribution in [1.82, 2.24) is 0 Å². The number of hydrogen-bond acceptors (Lipinski definition) is 4. The lowest BCUT2D eigenvalue weighted by atomic mass is 9.98. The Balaban J connectivity index is 1.28. The van der Waals surface area contributed by atoms with Crippen LogP contribution >= 0.6 is 0 Å². The first kappa shape index (κ1) is 22.5. The van der Waals surface area contributed by atoms with Crippen LogP contribution in [0.25, 0.3) is 21.9 Å². The van der Waals surface area contributed by atoms with Crippen LogP contribution in [0.4, 0.5) is 10.5 Å². The van der Waals surface area contributed by atoms with Gasteiger partial charge in [0.05, 0.1) is 12.3 Å². The largest absolute Gasteiger partial charge is 0.493 e. The van der Waals surface area contributed by atoms with Crippen molar-refractivity contribution in [3.63, 3.8) is 0 Å². The lowest BCUT2D eigenvalue weighted by molar-refractivity contribution is -0.137. The molecule has 35 heavy (non-hydrogen) atoms. The number of fused-ring (bicyclic) bond motifs is 4. The maximum absolute atomic E-state index is 12.8. The fourth-order valence-electron chi connectivity index (χ4n) is 4.66. The molecule has 0 saturated heterocycles. The van der Waals surface area contributed by atoms with Gasteiger partial charge in [0.1, 0.15) is 12.4 Å². The summed E-state index contributed by atoms with van der Waals surface area (Å²) in [6.45, 7) is 0.540. The van der Waals surface area contributed by atoms with E-state index in [4.69, 9.17) is 14.6 Å². The molecule has 0 heterocycles. The average molecular weight is 468 g/mol. The van der Waals surface area contributed by atoms with E-state index >= 15 is 0 Å². The van der Waals surface area contributed by atoms with Gasteiger partial charge in [-0.25, -0.2) is 4.79 Å². The predicted octanol–water partition coefficient (Wildman–Crippen LogP) is 6.44. The molecule has 2 N–H and O–H groups in total. The first-order valence-electron chi connectivity index (χ1n) is 11.6. The molecular weight excluding hydrogens is 442 g/mol.